The third-order valence-corrected chi connectivity index (χ3v) is 6.65. The zero-order valence-corrected chi connectivity index (χ0v) is 18.8. The molecule has 7 nitrogen and oxygen atoms in total. The second kappa shape index (κ2) is 8.63. The first-order chi connectivity index (χ1) is 16.0. The Balaban J connectivity index is 1.44. The maximum atomic E-state index is 13.1. The van der Waals surface area contributed by atoms with Crippen LogP contribution in [0.4, 0.5) is 5.69 Å². The van der Waals surface area contributed by atoms with Gasteiger partial charge in [0.15, 0.2) is 12.4 Å². The summed E-state index contributed by atoms with van der Waals surface area (Å²) in [6.07, 6.45) is 2.21. The number of ketones is 1. The van der Waals surface area contributed by atoms with Crippen molar-refractivity contribution in [3.8, 4) is 16.2 Å². The molecule has 1 amide bonds. The van der Waals surface area contributed by atoms with Gasteiger partial charge >= 0.3 is 0 Å². The SMILES string of the molecule is CCCN1C(=O)COc2ccc(C(=O)Cn3cnc4sc(-c5ccccc5)cc4c3=O)cc21. The monoisotopic (exact) mass is 459 g/mol. The molecule has 0 N–H and O–H groups in total. The highest BCUT2D eigenvalue weighted by Crippen LogP contribution is 2.33. The lowest BCUT2D eigenvalue weighted by atomic mass is 10.1. The summed E-state index contributed by atoms with van der Waals surface area (Å²) in [5.74, 6) is 0.201. The normalized spacial score (nSPS) is 13.1. The number of hydrogen-bond donors (Lipinski definition) is 0. The number of hydrogen-bond acceptors (Lipinski definition) is 6. The number of carbonyl (C=O) groups excluding carboxylic acids is 2. The summed E-state index contributed by atoms with van der Waals surface area (Å²) in [6, 6.07) is 16.7. The zero-order chi connectivity index (χ0) is 22.9. The van der Waals surface area contributed by atoms with Crippen LogP contribution in [0.25, 0.3) is 20.7 Å². The van der Waals surface area contributed by atoms with Crippen LogP contribution in [-0.2, 0) is 11.3 Å². The van der Waals surface area contributed by atoms with Crippen molar-refractivity contribution < 1.29 is 14.3 Å². The number of aromatic nitrogens is 2. The Morgan fingerprint density at radius 3 is 2.73 bits per heavy atom. The number of carbonyl (C=O) groups is 2. The predicted octanol–water partition coefficient (Wildman–Crippen LogP) is 4.14. The lowest BCUT2D eigenvalue weighted by Crippen LogP contribution is -2.39. The van der Waals surface area contributed by atoms with Gasteiger partial charge in [-0.3, -0.25) is 19.0 Å². The molecule has 166 valence electrons. The Hall–Kier alpha value is -3.78. The Labute approximate surface area is 193 Å². The van der Waals surface area contributed by atoms with Gasteiger partial charge in [-0.15, -0.1) is 11.3 Å². The highest BCUT2D eigenvalue weighted by Gasteiger charge is 2.26. The van der Waals surface area contributed by atoms with Gasteiger partial charge in [-0.2, -0.15) is 0 Å². The fourth-order valence-corrected chi connectivity index (χ4v) is 4.90. The molecule has 33 heavy (non-hydrogen) atoms. The van der Waals surface area contributed by atoms with Crippen LogP contribution in [0.5, 0.6) is 5.75 Å². The van der Waals surface area contributed by atoms with E-state index in [4.69, 9.17) is 4.74 Å². The number of thiophene rings is 1. The molecule has 0 radical (unpaired) electrons. The highest BCUT2D eigenvalue weighted by molar-refractivity contribution is 7.21. The van der Waals surface area contributed by atoms with Gasteiger partial charge in [-0.1, -0.05) is 37.3 Å². The van der Waals surface area contributed by atoms with Gasteiger partial charge < -0.3 is 9.64 Å². The van der Waals surface area contributed by atoms with Crippen molar-refractivity contribution in [2.45, 2.75) is 19.9 Å². The molecule has 1 aliphatic heterocycles. The van der Waals surface area contributed by atoms with Gasteiger partial charge in [0.2, 0.25) is 0 Å². The largest absolute Gasteiger partial charge is 0.482 e. The first-order valence-corrected chi connectivity index (χ1v) is 11.5. The smallest absolute Gasteiger partial charge is 0.265 e. The molecule has 0 unspecified atom stereocenters. The molecule has 0 aliphatic carbocycles. The summed E-state index contributed by atoms with van der Waals surface area (Å²) in [7, 11) is 0. The summed E-state index contributed by atoms with van der Waals surface area (Å²) in [5.41, 5.74) is 1.77. The van der Waals surface area contributed by atoms with Crippen molar-refractivity contribution in [2.75, 3.05) is 18.1 Å². The second-order valence-corrected chi connectivity index (χ2v) is 8.84. The Morgan fingerprint density at radius 1 is 1.12 bits per heavy atom. The standard InChI is InChI=1S/C25H21N3O4S/c1-2-10-28-19-11-17(8-9-21(19)32-14-23(28)30)20(29)13-27-15-26-24-18(25(27)31)12-22(33-24)16-6-4-3-5-7-16/h3-9,11-12,15H,2,10,13-14H2,1H3. The zero-order valence-electron chi connectivity index (χ0n) is 18.0. The molecular formula is C25H21N3O4S. The van der Waals surface area contributed by atoms with Gasteiger partial charge in [0.25, 0.3) is 11.5 Å². The number of fused-ring (bicyclic) bond motifs is 2. The van der Waals surface area contributed by atoms with Crippen molar-refractivity contribution in [3.05, 3.63) is 76.8 Å². The first kappa shape index (κ1) is 21.1. The molecule has 8 heteroatoms. The van der Waals surface area contributed by atoms with E-state index in [2.05, 4.69) is 4.98 Å². The van der Waals surface area contributed by atoms with Gasteiger partial charge in [0, 0.05) is 17.0 Å². The van der Waals surface area contributed by atoms with E-state index in [1.807, 2.05) is 43.3 Å². The number of benzene rings is 2. The summed E-state index contributed by atoms with van der Waals surface area (Å²) < 4.78 is 6.84. The summed E-state index contributed by atoms with van der Waals surface area (Å²) in [4.78, 5) is 46.0. The van der Waals surface area contributed by atoms with Crippen molar-refractivity contribution in [1.29, 1.82) is 0 Å². The molecule has 2 aromatic heterocycles. The molecule has 0 atom stereocenters. The number of Topliss-reactive ketones (excluding diaryl/α,β-unsaturated/α-hetero) is 1. The van der Waals surface area contributed by atoms with E-state index < -0.39 is 0 Å². The highest BCUT2D eigenvalue weighted by atomic mass is 32.1. The Kier molecular flexibility index (Phi) is 5.51. The van der Waals surface area contributed by atoms with Crippen molar-refractivity contribution in [3.63, 3.8) is 0 Å². The summed E-state index contributed by atoms with van der Waals surface area (Å²) in [5, 5.41) is 0.493. The van der Waals surface area contributed by atoms with Gasteiger partial charge in [-0.05, 0) is 36.2 Å². The lowest BCUT2D eigenvalue weighted by Gasteiger charge is -2.29. The van der Waals surface area contributed by atoms with Gasteiger partial charge in [-0.25, -0.2) is 4.98 Å². The summed E-state index contributed by atoms with van der Waals surface area (Å²) in [6.45, 7) is 2.39. The van der Waals surface area contributed by atoms with E-state index in [-0.39, 0.29) is 30.4 Å². The number of nitrogens with zero attached hydrogens (tertiary/aromatic N) is 3. The molecule has 0 bridgehead atoms. The van der Waals surface area contributed by atoms with Crippen LogP contribution >= 0.6 is 11.3 Å². The lowest BCUT2D eigenvalue weighted by molar-refractivity contribution is -0.121. The number of rotatable bonds is 6. The topological polar surface area (TPSA) is 81.5 Å². The van der Waals surface area contributed by atoms with Crippen molar-refractivity contribution in [2.24, 2.45) is 0 Å². The summed E-state index contributed by atoms with van der Waals surface area (Å²) >= 11 is 1.45. The molecule has 0 fully saturated rings. The minimum Gasteiger partial charge on any atom is -0.482 e. The molecule has 2 aromatic carbocycles. The van der Waals surface area contributed by atoms with E-state index in [1.54, 1.807) is 23.1 Å². The van der Waals surface area contributed by atoms with Gasteiger partial charge in [0.1, 0.15) is 10.6 Å². The molecule has 4 aromatic rings. The minimum absolute atomic E-state index is 0.00696. The number of anilines is 1. The van der Waals surface area contributed by atoms with Gasteiger partial charge in [0.05, 0.1) is 23.9 Å². The number of amides is 1. The van der Waals surface area contributed by atoms with Crippen LogP contribution in [0.1, 0.15) is 23.7 Å². The van der Waals surface area contributed by atoms with E-state index in [1.165, 1.54) is 22.2 Å². The molecule has 0 saturated heterocycles. The minimum atomic E-state index is -0.254. The van der Waals surface area contributed by atoms with Crippen LogP contribution in [0, 0.1) is 0 Å². The average Bonchev–Trinajstić information content (AvgIpc) is 3.28. The molecular weight excluding hydrogens is 438 g/mol. The maximum absolute atomic E-state index is 13.1. The van der Waals surface area contributed by atoms with E-state index in [9.17, 15) is 14.4 Å². The fraction of sp³-hybridized carbons (Fsp3) is 0.200. The molecule has 0 spiro atoms. The molecule has 0 saturated carbocycles. The van der Waals surface area contributed by atoms with E-state index in [0.717, 1.165) is 16.9 Å². The molecule has 1 aliphatic rings. The average molecular weight is 460 g/mol. The first-order valence-electron chi connectivity index (χ1n) is 10.7. The van der Waals surface area contributed by atoms with E-state index >= 15 is 0 Å². The second-order valence-electron chi connectivity index (χ2n) is 7.81. The Bertz CT molecular complexity index is 1420. The third-order valence-electron chi connectivity index (χ3n) is 5.56. The van der Waals surface area contributed by atoms with Crippen molar-refractivity contribution in [1.82, 2.24) is 9.55 Å². The molecule has 5 rings (SSSR count). The van der Waals surface area contributed by atoms with Crippen LogP contribution in [0.2, 0.25) is 0 Å². The van der Waals surface area contributed by atoms with Crippen LogP contribution in [-0.4, -0.2) is 34.4 Å². The Morgan fingerprint density at radius 2 is 1.94 bits per heavy atom. The van der Waals surface area contributed by atoms with E-state index in [0.29, 0.717) is 33.8 Å². The van der Waals surface area contributed by atoms with Crippen LogP contribution in [0.15, 0.2) is 65.7 Å². The number of ether oxygens (including phenoxy) is 1. The van der Waals surface area contributed by atoms with Crippen LogP contribution in [0.3, 0.4) is 0 Å². The fourth-order valence-electron chi connectivity index (χ4n) is 3.91. The molecule has 3 heterocycles. The van der Waals surface area contributed by atoms with Crippen LogP contribution < -0.4 is 15.2 Å². The quantitative estimate of drug-likeness (QED) is 0.405. The third kappa shape index (κ3) is 3.93. The predicted molar refractivity (Wildman–Crippen MR) is 128 cm³/mol. The van der Waals surface area contributed by atoms with Crippen molar-refractivity contribution >= 4 is 38.9 Å². The maximum Gasteiger partial charge on any atom is 0.265 e.